The van der Waals surface area contributed by atoms with Gasteiger partial charge in [0.05, 0.1) is 0 Å². The molecular formula is C9H16F2O. The first kappa shape index (κ1) is 9.90. The minimum Gasteiger partial charge on any atom is -0.387 e. The second kappa shape index (κ2) is 3.69. The molecule has 1 aliphatic carbocycles. The smallest absolute Gasteiger partial charge is 0.270 e. The summed E-state index contributed by atoms with van der Waals surface area (Å²) < 4.78 is 25.0. The Balaban J connectivity index is 2.30. The molecule has 0 radical (unpaired) electrons. The van der Waals surface area contributed by atoms with E-state index in [1.165, 1.54) is 0 Å². The Morgan fingerprint density at radius 3 is 2.33 bits per heavy atom. The van der Waals surface area contributed by atoms with Crippen molar-refractivity contribution >= 4 is 0 Å². The third-order valence-corrected chi connectivity index (χ3v) is 2.62. The van der Waals surface area contributed by atoms with Gasteiger partial charge in [0, 0.05) is 6.92 Å². The second-order valence-corrected chi connectivity index (χ2v) is 3.86. The summed E-state index contributed by atoms with van der Waals surface area (Å²) in [5.41, 5.74) is 0. The van der Waals surface area contributed by atoms with Crippen LogP contribution < -0.4 is 0 Å². The maximum Gasteiger partial charge on any atom is 0.270 e. The van der Waals surface area contributed by atoms with Crippen LogP contribution in [-0.2, 0) is 0 Å². The number of halogens is 2. The third kappa shape index (κ3) is 2.70. The van der Waals surface area contributed by atoms with E-state index >= 15 is 0 Å². The van der Waals surface area contributed by atoms with Gasteiger partial charge < -0.3 is 5.11 Å². The van der Waals surface area contributed by atoms with Crippen molar-refractivity contribution in [3.63, 3.8) is 0 Å². The highest BCUT2D eigenvalue weighted by Crippen LogP contribution is 2.32. The highest BCUT2D eigenvalue weighted by atomic mass is 19.3. The molecule has 0 amide bonds. The maximum atomic E-state index is 12.5. The van der Waals surface area contributed by atoms with Crippen LogP contribution in [0.5, 0.6) is 0 Å². The summed E-state index contributed by atoms with van der Waals surface area (Å²) in [7, 11) is 0. The Labute approximate surface area is 71.8 Å². The molecule has 0 heterocycles. The lowest BCUT2D eigenvalue weighted by molar-refractivity contribution is -0.101. The molecule has 0 aromatic carbocycles. The number of rotatable bonds is 3. The average Bonchev–Trinajstić information content (AvgIpc) is 2.37. The van der Waals surface area contributed by atoms with Gasteiger partial charge in [-0.2, -0.15) is 0 Å². The van der Waals surface area contributed by atoms with E-state index in [0.717, 1.165) is 32.6 Å². The van der Waals surface area contributed by atoms with Crippen molar-refractivity contribution in [2.24, 2.45) is 5.92 Å². The fraction of sp³-hybridized carbons (Fsp3) is 1.00. The van der Waals surface area contributed by atoms with Gasteiger partial charge in [-0.15, -0.1) is 0 Å². The molecule has 0 aliphatic heterocycles. The van der Waals surface area contributed by atoms with Crippen LogP contribution in [-0.4, -0.2) is 17.1 Å². The molecule has 12 heavy (non-hydrogen) atoms. The quantitative estimate of drug-likeness (QED) is 0.704. The summed E-state index contributed by atoms with van der Waals surface area (Å²) in [5, 5.41) is 9.10. The van der Waals surface area contributed by atoms with Crippen LogP contribution in [0.4, 0.5) is 8.78 Å². The fourth-order valence-corrected chi connectivity index (χ4v) is 1.77. The van der Waals surface area contributed by atoms with Gasteiger partial charge in [0.2, 0.25) is 0 Å². The number of aliphatic hydroxyl groups excluding tert-OH is 1. The van der Waals surface area contributed by atoms with Crippen molar-refractivity contribution in [2.45, 2.75) is 51.1 Å². The zero-order chi connectivity index (χ0) is 9.19. The molecule has 0 spiro atoms. The second-order valence-electron chi connectivity index (χ2n) is 3.86. The normalized spacial score (nSPS) is 23.0. The average molecular weight is 178 g/mol. The van der Waals surface area contributed by atoms with Crippen molar-refractivity contribution in [1.29, 1.82) is 0 Å². The van der Waals surface area contributed by atoms with Crippen LogP contribution in [0.25, 0.3) is 0 Å². The highest BCUT2D eigenvalue weighted by molar-refractivity contribution is 4.77. The monoisotopic (exact) mass is 178 g/mol. The Bertz CT molecular complexity index is 136. The van der Waals surface area contributed by atoms with Crippen LogP contribution in [0.3, 0.4) is 0 Å². The zero-order valence-corrected chi connectivity index (χ0v) is 7.39. The number of alkyl halides is 2. The van der Waals surface area contributed by atoms with Crippen molar-refractivity contribution in [3.05, 3.63) is 0 Å². The summed E-state index contributed by atoms with van der Waals surface area (Å²) in [6.45, 7) is 0.784. The molecule has 1 aliphatic rings. The lowest BCUT2D eigenvalue weighted by Gasteiger charge is -2.20. The Morgan fingerprint density at radius 1 is 1.42 bits per heavy atom. The van der Waals surface area contributed by atoms with E-state index in [0.29, 0.717) is 5.92 Å². The van der Waals surface area contributed by atoms with E-state index in [1.807, 2.05) is 0 Å². The van der Waals surface area contributed by atoms with Gasteiger partial charge in [-0.3, -0.25) is 0 Å². The summed E-state index contributed by atoms with van der Waals surface area (Å²) in [4.78, 5) is 0. The number of hydrogen-bond acceptors (Lipinski definition) is 1. The lowest BCUT2D eigenvalue weighted by atomic mass is 9.97. The van der Waals surface area contributed by atoms with E-state index in [2.05, 4.69) is 0 Å². The number of hydrogen-bond donors (Lipinski definition) is 1. The molecule has 1 N–H and O–H groups in total. The van der Waals surface area contributed by atoms with Crippen LogP contribution in [0.2, 0.25) is 0 Å². The molecular weight excluding hydrogens is 162 g/mol. The predicted octanol–water partition coefficient (Wildman–Crippen LogP) is 2.58. The van der Waals surface area contributed by atoms with Crippen LogP contribution in [0.15, 0.2) is 0 Å². The summed E-state index contributed by atoms with van der Waals surface area (Å²) >= 11 is 0. The van der Waals surface area contributed by atoms with E-state index in [-0.39, 0.29) is 6.42 Å². The van der Waals surface area contributed by atoms with Crippen LogP contribution >= 0.6 is 0 Å². The lowest BCUT2D eigenvalue weighted by Crippen LogP contribution is -2.31. The van der Waals surface area contributed by atoms with Crippen molar-refractivity contribution in [1.82, 2.24) is 0 Å². The van der Waals surface area contributed by atoms with Crippen molar-refractivity contribution < 1.29 is 13.9 Å². The predicted molar refractivity (Wildman–Crippen MR) is 43.2 cm³/mol. The largest absolute Gasteiger partial charge is 0.387 e. The zero-order valence-electron chi connectivity index (χ0n) is 7.39. The summed E-state index contributed by atoms with van der Waals surface area (Å²) in [6.07, 6.45) is 3.10. The Morgan fingerprint density at radius 2 is 1.92 bits per heavy atom. The van der Waals surface area contributed by atoms with E-state index < -0.39 is 12.0 Å². The van der Waals surface area contributed by atoms with Gasteiger partial charge in [0.25, 0.3) is 5.92 Å². The summed E-state index contributed by atoms with van der Waals surface area (Å²) in [5.74, 6) is -2.60. The topological polar surface area (TPSA) is 20.2 Å². The maximum absolute atomic E-state index is 12.5. The van der Waals surface area contributed by atoms with Gasteiger partial charge in [0.15, 0.2) is 0 Å². The first-order valence-electron chi connectivity index (χ1n) is 4.56. The molecule has 1 rings (SSSR count). The molecule has 1 nitrogen and oxygen atoms in total. The SMILES string of the molecule is CC(F)(F)C(O)CC1CCCC1. The molecule has 0 aromatic heterocycles. The minimum atomic E-state index is -2.93. The molecule has 1 saturated carbocycles. The van der Waals surface area contributed by atoms with Gasteiger partial charge in [-0.05, 0) is 12.3 Å². The molecule has 1 fully saturated rings. The van der Waals surface area contributed by atoms with E-state index in [9.17, 15) is 8.78 Å². The first-order chi connectivity index (χ1) is 5.50. The molecule has 1 unspecified atom stereocenters. The molecule has 72 valence electrons. The molecule has 1 atom stereocenters. The third-order valence-electron chi connectivity index (χ3n) is 2.62. The van der Waals surface area contributed by atoms with E-state index in [1.54, 1.807) is 0 Å². The fourth-order valence-electron chi connectivity index (χ4n) is 1.77. The number of aliphatic hydroxyl groups is 1. The van der Waals surface area contributed by atoms with Crippen molar-refractivity contribution in [3.8, 4) is 0 Å². The van der Waals surface area contributed by atoms with Crippen molar-refractivity contribution in [2.75, 3.05) is 0 Å². The highest BCUT2D eigenvalue weighted by Gasteiger charge is 2.34. The first-order valence-corrected chi connectivity index (χ1v) is 4.56. The van der Waals surface area contributed by atoms with Crippen LogP contribution in [0.1, 0.15) is 39.0 Å². The van der Waals surface area contributed by atoms with E-state index in [4.69, 9.17) is 5.11 Å². The molecule has 3 heteroatoms. The summed E-state index contributed by atoms with van der Waals surface area (Å²) in [6, 6.07) is 0. The van der Waals surface area contributed by atoms with Gasteiger partial charge >= 0.3 is 0 Å². The standard InChI is InChI=1S/C9H16F2O/c1-9(10,11)8(12)6-7-4-2-3-5-7/h7-8,12H,2-6H2,1H3. The van der Waals surface area contributed by atoms with Gasteiger partial charge in [0.1, 0.15) is 6.10 Å². The van der Waals surface area contributed by atoms with Gasteiger partial charge in [-0.25, -0.2) is 8.78 Å². The Kier molecular flexibility index (Phi) is 3.04. The Hall–Kier alpha value is -0.180. The molecule has 0 bridgehead atoms. The van der Waals surface area contributed by atoms with Gasteiger partial charge in [-0.1, -0.05) is 25.7 Å². The van der Waals surface area contributed by atoms with Crippen LogP contribution in [0, 0.1) is 5.92 Å². The minimum absolute atomic E-state index is 0.267. The molecule has 0 aromatic rings. The molecule has 0 saturated heterocycles.